The van der Waals surface area contributed by atoms with Crippen LogP contribution in [0, 0.1) is 12.8 Å². The highest BCUT2D eigenvalue weighted by atomic mass is 35.5. The lowest BCUT2D eigenvalue weighted by Gasteiger charge is -2.17. The molecule has 1 aromatic rings. The van der Waals surface area contributed by atoms with E-state index in [0.29, 0.717) is 22.7 Å². The summed E-state index contributed by atoms with van der Waals surface area (Å²) in [4.78, 5) is 11.5. The van der Waals surface area contributed by atoms with Crippen molar-refractivity contribution >= 4 is 33.3 Å². The van der Waals surface area contributed by atoms with Gasteiger partial charge in [0.05, 0.1) is 17.9 Å². The van der Waals surface area contributed by atoms with Crippen molar-refractivity contribution in [1.82, 2.24) is 4.31 Å². The molecule has 8 heteroatoms. The fourth-order valence-electron chi connectivity index (χ4n) is 2.28. The molecule has 1 atom stereocenters. The number of nitrogens with zero attached hydrogens (tertiary/aromatic N) is 1. The number of hydrogen-bond acceptors (Lipinski definition) is 5. The SMILES string of the molecule is COC(=O)C1CCN(S(=O)(=O)c2cc(N)c(C)c(Cl)c2)C1. The normalized spacial score (nSPS) is 19.7. The van der Waals surface area contributed by atoms with Gasteiger partial charge in [-0.2, -0.15) is 4.31 Å². The number of benzene rings is 1. The second-order valence-electron chi connectivity index (χ2n) is 4.99. The van der Waals surface area contributed by atoms with Crippen molar-refractivity contribution in [3.8, 4) is 0 Å². The fourth-order valence-corrected chi connectivity index (χ4v) is 4.13. The first-order chi connectivity index (χ1) is 9.77. The van der Waals surface area contributed by atoms with Crippen molar-refractivity contribution in [2.75, 3.05) is 25.9 Å². The molecule has 1 fully saturated rings. The predicted molar refractivity (Wildman–Crippen MR) is 79.5 cm³/mol. The zero-order valence-corrected chi connectivity index (χ0v) is 13.4. The number of carbonyl (C=O) groups is 1. The van der Waals surface area contributed by atoms with Gasteiger partial charge in [-0.3, -0.25) is 4.79 Å². The summed E-state index contributed by atoms with van der Waals surface area (Å²) in [5, 5.41) is 0.303. The van der Waals surface area contributed by atoms with E-state index < -0.39 is 21.9 Å². The molecule has 0 saturated carbocycles. The number of ether oxygens (including phenoxy) is 1. The standard InChI is InChI=1S/C13H17ClN2O4S/c1-8-11(14)5-10(6-12(8)15)21(18,19)16-4-3-9(7-16)13(17)20-2/h5-6,9H,3-4,7,15H2,1-2H3. The third-order valence-corrected chi connectivity index (χ3v) is 5.92. The summed E-state index contributed by atoms with van der Waals surface area (Å²) in [6.07, 6.45) is 0.445. The molecule has 1 aliphatic rings. The van der Waals surface area contributed by atoms with E-state index in [4.69, 9.17) is 17.3 Å². The maximum absolute atomic E-state index is 12.6. The summed E-state index contributed by atoms with van der Waals surface area (Å²) in [5.74, 6) is -0.822. The molecule has 0 spiro atoms. The highest BCUT2D eigenvalue weighted by molar-refractivity contribution is 7.89. The van der Waals surface area contributed by atoms with E-state index in [1.807, 2.05) is 0 Å². The molecule has 2 N–H and O–H groups in total. The maximum atomic E-state index is 12.6. The molecule has 2 rings (SSSR count). The molecule has 1 aromatic carbocycles. The Morgan fingerprint density at radius 1 is 1.48 bits per heavy atom. The van der Waals surface area contributed by atoms with Gasteiger partial charge in [-0.05, 0) is 31.0 Å². The predicted octanol–water partition coefficient (Wildman–Crippen LogP) is 1.41. The molecular weight excluding hydrogens is 316 g/mol. The number of nitrogen functional groups attached to an aromatic ring is 1. The van der Waals surface area contributed by atoms with Gasteiger partial charge in [-0.25, -0.2) is 8.42 Å². The fraction of sp³-hybridized carbons (Fsp3) is 0.462. The molecular formula is C13H17ClN2O4S. The molecule has 0 aromatic heterocycles. The smallest absolute Gasteiger partial charge is 0.310 e. The molecule has 0 amide bonds. The van der Waals surface area contributed by atoms with Gasteiger partial charge in [0, 0.05) is 23.8 Å². The van der Waals surface area contributed by atoms with Crippen LogP contribution in [-0.4, -0.2) is 38.9 Å². The highest BCUT2D eigenvalue weighted by Crippen LogP contribution is 2.30. The first kappa shape index (κ1) is 16.1. The Bertz CT molecular complexity index is 652. The maximum Gasteiger partial charge on any atom is 0.310 e. The van der Waals surface area contributed by atoms with Crippen LogP contribution in [0.2, 0.25) is 5.02 Å². The number of hydrogen-bond donors (Lipinski definition) is 1. The Morgan fingerprint density at radius 2 is 2.14 bits per heavy atom. The van der Waals surface area contributed by atoms with Crippen LogP contribution in [0.4, 0.5) is 5.69 Å². The second-order valence-corrected chi connectivity index (χ2v) is 7.34. The first-order valence-corrected chi connectivity index (χ1v) is 8.22. The first-order valence-electron chi connectivity index (χ1n) is 6.41. The highest BCUT2D eigenvalue weighted by Gasteiger charge is 2.36. The van der Waals surface area contributed by atoms with Crippen LogP contribution >= 0.6 is 11.6 Å². The number of esters is 1. The second kappa shape index (κ2) is 5.82. The summed E-state index contributed by atoms with van der Waals surface area (Å²) in [7, 11) is -2.42. The molecule has 1 aliphatic heterocycles. The van der Waals surface area contributed by atoms with Crippen LogP contribution in [-0.2, 0) is 19.6 Å². The lowest BCUT2D eigenvalue weighted by Crippen LogP contribution is -2.30. The number of sulfonamides is 1. The van der Waals surface area contributed by atoms with E-state index in [1.165, 1.54) is 23.5 Å². The number of halogens is 1. The van der Waals surface area contributed by atoms with E-state index in [-0.39, 0.29) is 18.0 Å². The van der Waals surface area contributed by atoms with Gasteiger partial charge in [0.15, 0.2) is 0 Å². The van der Waals surface area contributed by atoms with Crippen molar-refractivity contribution in [2.24, 2.45) is 5.92 Å². The van der Waals surface area contributed by atoms with Crippen molar-refractivity contribution in [2.45, 2.75) is 18.2 Å². The molecule has 1 saturated heterocycles. The van der Waals surface area contributed by atoms with E-state index in [9.17, 15) is 13.2 Å². The van der Waals surface area contributed by atoms with Gasteiger partial charge >= 0.3 is 5.97 Å². The van der Waals surface area contributed by atoms with Crippen LogP contribution in [0.25, 0.3) is 0 Å². The van der Waals surface area contributed by atoms with Crippen LogP contribution in [0.15, 0.2) is 17.0 Å². The summed E-state index contributed by atoms with van der Waals surface area (Å²) in [5.41, 5.74) is 6.74. The van der Waals surface area contributed by atoms with Gasteiger partial charge in [0.1, 0.15) is 0 Å². The third-order valence-electron chi connectivity index (χ3n) is 3.68. The Labute approximate surface area is 128 Å². The van der Waals surface area contributed by atoms with Gasteiger partial charge in [-0.15, -0.1) is 0 Å². The lowest BCUT2D eigenvalue weighted by molar-refractivity contribution is -0.144. The quantitative estimate of drug-likeness (QED) is 0.667. The van der Waals surface area contributed by atoms with E-state index in [1.54, 1.807) is 6.92 Å². The largest absolute Gasteiger partial charge is 0.469 e. The summed E-state index contributed by atoms with van der Waals surface area (Å²) < 4.78 is 31.0. The number of anilines is 1. The molecule has 0 aliphatic carbocycles. The molecule has 0 bridgehead atoms. The minimum absolute atomic E-state index is 0.0427. The molecule has 21 heavy (non-hydrogen) atoms. The third kappa shape index (κ3) is 3.00. The summed E-state index contributed by atoms with van der Waals surface area (Å²) in [6.45, 7) is 2.10. The van der Waals surface area contributed by atoms with Gasteiger partial charge < -0.3 is 10.5 Å². The van der Waals surface area contributed by atoms with Crippen molar-refractivity contribution in [3.05, 3.63) is 22.7 Å². The van der Waals surface area contributed by atoms with Crippen molar-refractivity contribution in [3.63, 3.8) is 0 Å². The topological polar surface area (TPSA) is 89.7 Å². The summed E-state index contributed by atoms with van der Waals surface area (Å²) in [6, 6.07) is 2.77. The Morgan fingerprint density at radius 3 is 2.71 bits per heavy atom. The number of rotatable bonds is 3. The monoisotopic (exact) mass is 332 g/mol. The van der Waals surface area contributed by atoms with Crippen LogP contribution in [0.3, 0.4) is 0 Å². The zero-order valence-electron chi connectivity index (χ0n) is 11.8. The number of methoxy groups -OCH3 is 1. The van der Waals surface area contributed by atoms with Crippen LogP contribution in [0.5, 0.6) is 0 Å². The minimum Gasteiger partial charge on any atom is -0.469 e. The molecule has 116 valence electrons. The molecule has 6 nitrogen and oxygen atoms in total. The van der Waals surface area contributed by atoms with Crippen LogP contribution < -0.4 is 5.73 Å². The number of carbonyl (C=O) groups excluding carboxylic acids is 1. The average molecular weight is 333 g/mol. The number of nitrogens with two attached hydrogens (primary N) is 1. The minimum atomic E-state index is -3.71. The molecule has 0 radical (unpaired) electrons. The Kier molecular flexibility index (Phi) is 4.46. The van der Waals surface area contributed by atoms with Crippen molar-refractivity contribution in [1.29, 1.82) is 0 Å². The van der Waals surface area contributed by atoms with Gasteiger partial charge in [0.25, 0.3) is 0 Å². The van der Waals surface area contributed by atoms with Gasteiger partial charge in [0.2, 0.25) is 10.0 Å². The van der Waals surface area contributed by atoms with Crippen LogP contribution in [0.1, 0.15) is 12.0 Å². The Hall–Kier alpha value is -1.31. The van der Waals surface area contributed by atoms with Gasteiger partial charge in [-0.1, -0.05) is 11.6 Å². The van der Waals surface area contributed by atoms with E-state index in [2.05, 4.69) is 4.74 Å². The Balaban J connectivity index is 2.30. The van der Waals surface area contributed by atoms with E-state index in [0.717, 1.165) is 0 Å². The average Bonchev–Trinajstić information content (AvgIpc) is 2.93. The van der Waals surface area contributed by atoms with Crippen molar-refractivity contribution < 1.29 is 17.9 Å². The molecule has 1 unspecified atom stereocenters. The zero-order chi connectivity index (χ0) is 15.8. The lowest BCUT2D eigenvalue weighted by atomic mass is 10.1. The molecule has 1 heterocycles. The van der Waals surface area contributed by atoms with E-state index >= 15 is 0 Å². The summed E-state index contributed by atoms with van der Waals surface area (Å²) >= 11 is 6.00.